The van der Waals surface area contributed by atoms with E-state index < -0.39 is 0 Å². The number of benzene rings is 2. The Bertz CT molecular complexity index is 649. The SMILES string of the molecule is CSc1cccc(N(C)Cc2cccc(Cl)c2)c1C#N. The maximum absolute atomic E-state index is 9.38. The van der Waals surface area contributed by atoms with Gasteiger partial charge in [-0.15, -0.1) is 11.8 Å². The van der Waals surface area contributed by atoms with Gasteiger partial charge in [-0.05, 0) is 36.1 Å². The van der Waals surface area contributed by atoms with Crippen molar-refractivity contribution < 1.29 is 0 Å². The summed E-state index contributed by atoms with van der Waals surface area (Å²) in [5.74, 6) is 0. The fraction of sp³-hybridized carbons (Fsp3) is 0.188. The summed E-state index contributed by atoms with van der Waals surface area (Å²) in [5.41, 5.74) is 2.79. The van der Waals surface area contributed by atoms with Gasteiger partial charge >= 0.3 is 0 Å². The third kappa shape index (κ3) is 3.27. The molecule has 20 heavy (non-hydrogen) atoms. The van der Waals surface area contributed by atoms with E-state index in [0.29, 0.717) is 6.54 Å². The third-order valence-corrected chi connectivity index (χ3v) is 4.07. The first-order valence-electron chi connectivity index (χ1n) is 6.18. The van der Waals surface area contributed by atoms with Gasteiger partial charge in [-0.1, -0.05) is 29.8 Å². The molecule has 2 aromatic rings. The number of thioether (sulfide) groups is 1. The lowest BCUT2D eigenvalue weighted by atomic mass is 10.1. The average molecular weight is 303 g/mol. The van der Waals surface area contributed by atoms with E-state index in [4.69, 9.17) is 11.6 Å². The normalized spacial score (nSPS) is 10.1. The molecule has 0 aliphatic rings. The molecule has 0 atom stereocenters. The molecule has 102 valence electrons. The van der Waals surface area contributed by atoms with Crippen LogP contribution in [-0.2, 0) is 6.54 Å². The maximum atomic E-state index is 9.38. The van der Waals surface area contributed by atoms with Crippen LogP contribution >= 0.6 is 23.4 Å². The zero-order valence-corrected chi connectivity index (χ0v) is 13.0. The number of anilines is 1. The van der Waals surface area contributed by atoms with Gasteiger partial charge in [-0.25, -0.2) is 0 Å². The van der Waals surface area contributed by atoms with Crippen LogP contribution in [0.15, 0.2) is 47.4 Å². The van der Waals surface area contributed by atoms with Crippen molar-refractivity contribution in [1.29, 1.82) is 5.26 Å². The van der Waals surface area contributed by atoms with Crippen LogP contribution < -0.4 is 4.90 Å². The van der Waals surface area contributed by atoms with E-state index in [9.17, 15) is 5.26 Å². The van der Waals surface area contributed by atoms with E-state index in [-0.39, 0.29) is 0 Å². The predicted molar refractivity (Wildman–Crippen MR) is 86.5 cm³/mol. The van der Waals surface area contributed by atoms with Crippen LogP contribution in [0.3, 0.4) is 0 Å². The van der Waals surface area contributed by atoms with E-state index in [1.165, 1.54) is 0 Å². The Hall–Kier alpha value is -1.63. The van der Waals surface area contributed by atoms with E-state index in [1.807, 2.05) is 55.8 Å². The van der Waals surface area contributed by atoms with Gasteiger partial charge in [-0.2, -0.15) is 5.26 Å². The summed E-state index contributed by atoms with van der Waals surface area (Å²) in [6.45, 7) is 0.715. The quantitative estimate of drug-likeness (QED) is 0.774. The van der Waals surface area contributed by atoms with Crippen molar-refractivity contribution in [2.24, 2.45) is 0 Å². The Morgan fingerprint density at radius 3 is 2.65 bits per heavy atom. The molecule has 0 aliphatic heterocycles. The van der Waals surface area contributed by atoms with Gasteiger partial charge in [0.15, 0.2) is 0 Å². The third-order valence-electron chi connectivity index (χ3n) is 3.06. The number of nitrogens with zero attached hydrogens (tertiary/aromatic N) is 2. The van der Waals surface area contributed by atoms with Gasteiger partial charge in [-0.3, -0.25) is 0 Å². The highest BCUT2D eigenvalue weighted by atomic mass is 35.5. The molecule has 2 aromatic carbocycles. The first kappa shape index (κ1) is 14.8. The zero-order chi connectivity index (χ0) is 14.5. The van der Waals surface area contributed by atoms with Crippen LogP contribution in [0, 0.1) is 11.3 Å². The Morgan fingerprint density at radius 2 is 2.00 bits per heavy atom. The van der Waals surface area contributed by atoms with Gasteiger partial charge in [0.1, 0.15) is 6.07 Å². The summed E-state index contributed by atoms with van der Waals surface area (Å²) in [4.78, 5) is 3.08. The molecule has 0 fully saturated rings. The Morgan fingerprint density at radius 1 is 1.25 bits per heavy atom. The van der Waals surface area contributed by atoms with Gasteiger partial charge in [0.25, 0.3) is 0 Å². The van der Waals surface area contributed by atoms with E-state index >= 15 is 0 Å². The van der Waals surface area contributed by atoms with Gasteiger partial charge in [0.2, 0.25) is 0 Å². The average Bonchev–Trinajstić information content (AvgIpc) is 2.46. The Labute approximate surface area is 129 Å². The van der Waals surface area contributed by atoms with Crippen molar-refractivity contribution >= 4 is 29.1 Å². The predicted octanol–water partition coefficient (Wildman–Crippen LogP) is 4.57. The highest BCUT2D eigenvalue weighted by Crippen LogP contribution is 2.29. The minimum Gasteiger partial charge on any atom is -0.369 e. The molecule has 4 heteroatoms. The monoisotopic (exact) mass is 302 g/mol. The molecular formula is C16H15ClN2S. The number of rotatable bonds is 4. The Balaban J connectivity index is 2.30. The summed E-state index contributed by atoms with van der Waals surface area (Å²) in [6, 6.07) is 16.0. The molecule has 0 heterocycles. The molecule has 0 aliphatic carbocycles. The highest BCUT2D eigenvalue weighted by Gasteiger charge is 2.11. The van der Waals surface area contributed by atoms with Crippen LogP contribution in [0.4, 0.5) is 5.69 Å². The molecule has 2 nitrogen and oxygen atoms in total. The van der Waals surface area contributed by atoms with Crippen molar-refractivity contribution in [3.05, 3.63) is 58.6 Å². The molecule has 0 bridgehead atoms. The van der Waals surface area contributed by atoms with Crippen LogP contribution in [0.2, 0.25) is 5.02 Å². The van der Waals surface area contributed by atoms with Crippen LogP contribution in [0.1, 0.15) is 11.1 Å². The number of hydrogen-bond acceptors (Lipinski definition) is 3. The van der Waals surface area contributed by atoms with Crippen molar-refractivity contribution in [3.63, 3.8) is 0 Å². The van der Waals surface area contributed by atoms with Crippen molar-refractivity contribution in [3.8, 4) is 6.07 Å². The summed E-state index contributed by atoms with van der Waals surface area (Å²) in [7, 11) is 1.99. The first-order valence-corrected chi connectivity index (χ1v) is 7.78. The molecular weight excluding hydrogens is 288 g/mol. The van der Waals surface area contributed by atoms with E-state index in [2.05, 4.69) is 11.0 Å². The fourth-order valence-electron chi connectivity index (χ4n) is 2.11. The van der Waals surface area contributed by atoms with Crippen molar-refractivity contribution in [2.75, 3.05) is 18.2 Å². The molecule has 0 spiro atoms. The van der Waals surface area contributed by atoms with Gasteiger partial charge in [0.05, 0.1) is 11.3 Å². The summed E-state index contributed by atoms with van der Waals surface area (Å²) >= 11 is 7.60. The highest BCUT2D eigenvalue weighted by molar-refractivity contribution is 7.98. The second kappa shape index (κ2) is 6.69. The summed E-state index contributed by atoms with van der Waals surface area (Å²) in [5, 5.41) is 10.1. The topological polar surface area (TPSA) is 27.0 Å². The first-order chi connectivity index (χ1) is 9.65. The lowest BCUT2D eigenvalue weighted by Crippen LogP contribution is -2.17. The molecule has 0 N–H and O–H groups in total. The zero-order valence-electron chi connectivity index (χ0n) is 11.4. The summed E-state index contributed by atoms with van der Waals surface area (Å²) in [6.07, 6.45) is 1.98. The second-order valence-corrected chi connectivity index (χ2v) is 5.74. The molecule has 0 aromatic heterocycles. The smallest absolute Gasteiger partial charge is 0.103 e. The Kier molecular flexibility index (Phi) is 4.94. The van der Waals surface area contributed by atoms with E-state index in [1.54, 1.807) is 11.8 Å². The van der Waals surface area contributed by atoms with Crippen molar-refractivity contribution in [1.82, 2.24) is 0 Å². The van der Waals surface area contributed by atoms with Crippen molar-refractivity contribution in [2.45, 2.75) is 11.4 Å². The minimum atomic E-state index is 0.715. The summed E-state index contributed by atoms with van der Waals surface area (Å²) < 4.78 is 0. The number of halogens is 1. The van der Waals surface area contributed by atoms with Crippen LogP contribution in [0.25, 0.3) is 0 Å². The molecule has 0 saturated heterocycles. The molecule has 2 rings (SSSR count). The molecule has 0 saturated carbocycles. The number of nitriles is 1. The largest absolute Gasteiger partial charge is 0.369 e. The lowest BCUT2D eigenvalue weighted by molar-refractivity contribution is 0.917. The lowest BCUT2D eigenvalue weighted by Gasteiger charge is -2.21. The fourth-order valence-corrected chi connectivity index (χ4v) is 2.90. The van der Waals surface area contributed by atoms with Gasteiger partial charge in [0, 0.05) is 23.5 Å². The van der Waals surface area contributed by atoms with Crippen LogP contribution in [0.5, 0.6) is 0 Å². The van der Waals surface area contributed by atoms with Crippen LogP contribution in [-0.4, -0.2) is 13.3 Å². The minimum absolute atomic E-state index is 0.715. The van der Waals surface area contributed by atoms with Gasteiger partial charge < -0.3 is 4.90 Å². The maximum Gasteiger partial charge on any atom is 0.103 e. The second-order valence-electron chi connectivity index (χ2n) is 4.45. The van der Waals surface area contributed by atoms with E-state index in [0.717, 1.165) is 26.7 Å². The standard InChI is InChI=1S/C16H15ClN2S/c1-19(11-12-5-3-6-13(17)9-12)15-7-4-8-16(20-2)14(15)10-18/h3-9H,11H2,1-2H3. The molecule has 0 amide bonds. The molecule has 0 unspecified atom stereocenters. The number of hydrogen-bond donors (Lipinski definition) is 0. The molecule has 0 radical (unpaired) electrons.